The Morgan fingerprint density at radius 1 is 1.18 bits per heavy atom. The number of anilines is 1. The van der Waals surface area contributed by atoms with Crippen LogP contribution >= 0.6 is 15.9 Å². The molecule has 84 valence electrons. The fraction of sp³-hybridized carbons (Fsp3) is 0. The van der Waals surface area contributed by atoms with E-state index in [-0.39, 0.29) is 0 Å². The van der Waals surface area contributed by atoms with E-state index in [1.165, 1.54) is 0 Å². The van der Waals surface area contributed by atoms with E-state index in [1.807, 2.05) is 41.0 Å². The van der Waals surface area contributed by atoms with Crippen molar-refractivity contribution in [1.82, 2.24) is 14.5 Å². The third-order valence-electron chi connectivity index (χ3n) is 2.50. The zero-order chi connectivity index (χ0) is 11.8. The number of nitrogens with zero attached hydrogens (tertiary/aromatic N) is 3. The first kappa shape index (κ1) is 10.3. The minimum Gasteiger partial charge on any atom is -0.369 e. The molecule has 0 fully saturated rings. The first-order valence-electron chi connectivity index (χ1n) is 5.10. The average Bonchev–Trinajstić information content (AvgIpc) is 2.65. The molecule has 0 amide bonds. The van der Waals surface area contributed by atoms with Gasteiger partial charge in [-0.15, -0.1) is 0 Å². The molecule has 2 heterocycles. The molecule has 2 aromatic heterocycles. The normalized spacial score (nSPS) is 10.9. The summed E-state index contributed by atoms with van der Waals surface area (Å²) in [5.74, 6) is 0.441. The second-order valence-electron chi connectivity index (χ2n) is 3.64. The fourth-order valence-electron chi connectivity index (χ4n) is 1.79. The van der Waals surface area contributed by atoms with Crippen molar-refractivity contribution in [3.05, 3.63) is 47.1 Å². The Kier molecular flexibility index (Phi) is 2.33. The van der Waals surface area contributed by atoms with Crippen molar-refractivity contribution in [2.45, 2.75) is 0 Å². The van der Waals surface area contributed by atoms with Crippen LogP contribution in [-0.4, -0.2) is 14.5 Å². The lowest BCUT2D eigenvalue weighted by atomic mass is 10.3. The number of nitrogens with two attached hydrogens (primary N) is 1. The van der Waals surface area contributed by atoms with Gasteiger partial charge in [0.1, 0.15) is 5.52 Å². The summed E-state index contributed by atoms with van der Waals surface area (Å²) in [5.41, 5.74) is 8.43. The number of nitrogen functional groups attached to an aromatic ring is 1. The summed E-state index contributed by atoms with van der Waals surface area (Å²) in [6, 6.07) is 11.7. The van der Waals surface area contributed by atoms with Crippen LogP contribution in [0.3, 0.4) is 0 Å². The second kappa shape index (κ2) is 3.85. The average molecular weight is 289 g/mol. The Labute approximate surface area is 106 Å². The van der Waals surface area contributed by atoms with Crippen LogP contribution < -0.4 is 5.73 Å². The number of pyridine rings is 1. The highest BCUT2D eigenvalue weighted by molar-refractivity contribution is 9.10. The van der Waals surface area contributed by atoms with Crippen molar-refractivity contribution in [2.24, 2.45) is 0 Å². The van der Waals surface area contributed by atoms with Crippen LogP contribution in [-0.2, 0) is 0 Å². The number of hydrogen-bond acceptors (Lipinski definition) is 3. The summed E-state index contributed by atoms with van der Waals surface area (Å²) in [6.07, 6.45) is 1.74. The van der Waals surface area contributed by atoms with Crippen molar-refractivity contribution < 1.29 is 0 Å². The number of fused-ring (bicyclic) bond motifs is 1. The Morgan fingerprint density at radius 3 is 2.71 bits per heavy atom. The van der Waals surface area contributed by atoms with Gasteiger partial charge in [0.15, 0.2) is 5.65 Å². The summed E-state index contributed by atoms with van der Waals surface area (Å²) in [4.78, 5) is 8.65. The first-order valence-corrected chi connectivity index (χ1v) is 5.90. The van der Waals surface area contributed by atoms with Crippen LogP contribution in [0.2, 0.25) is 0 Å². The van der Waals surface area contributed by atoms with E-state index < -0.39 is 0 Å². The number of hydrogen-bond donors (Lipinski definition) is 1. The lowest BCUT2D eigenvalue weighted by Crippen LogP contribution is -2.00. The van der Waals surface area contributed by atoms with Crippen LogP contribution in [0.1, 0.15) is 0 Å². The molecule has 0 unspecified atom stereocenters. The van der Waals surface area contributed by atoms with Crippen LogP contribution in [0.25, 0.3) is 16.9 Å². The highest BCUT2D eigenvalue weighted by Crippen LogP contribution is 2.23. The van der Waals surface area contributed by atoms with E-state index in [9.17, 15) is 0 Å². The predicted octanol–water partition coefficient (Wildman–Crippen LogP) is 2.77. The number of para-hydroxylation sites is 1. The molecule has 0 bridgehead atoms. The van der Waals surface area contributed by atoms with Gasteiger partial charge in [0.2, 0.25) is 5.95 Å². The van der Waals surface area contributed by atoms with Crippen LogP contribution in [0, 0.1) is 0 Å². The smallest absolute Gasteiger partial charge is 0.207 e. The molecule has 0 saturated heterocycles. The van der Waals surface area contributed by atoms with E-state index in [2.05, 4.69) is 25.9 Å². The van der Waals surface area contributed by atoms with Gasteiger partial charge in [-0.2, -0.15) is 0 Å². The van der Waals surface area contributed by atoms with E-state index in [4.69, 9.17) is 5.73 Å². The first-order chi connectivity index (χ1) is 8.25. The summed E-state index contributed by atoms with van der Waals surface area (Å²) in [6.45, 7) is 0. The van der Waals surface area contributed by atoms with E-state index in [1.54, 1.807) is 6.20 Å². The highest BCUT2D eigenvalue weighted by atomic mass is 79.9. The van der Waals surface area contributed by atoms with E-state index >= 15 is 0 Å². The molecular weight excluding hydrogens is 280 g/mol. The monoisotopic (exact) mass is 288 g/mol. The molecule has 0 aliphatic carbocycles. The number of rotatable bonds is 1. The molecule has 0 saturated carbocycles. The zero-order valence-electron chi connectivity index (χ0n) is 8.84. The third kappa shape index (κ3) is 1.68. The Morgan fingerprint density at radius 2 is 1.94 bits per heavy atom. The maximum Gasteiger partial charge on any atom is 0.207 e. The molecule has 0 spiro atoms. The van der Waals surface area contributed by atoms with Gasteiger partial charge in [0, 0.05) is 10.7 Å². The SMILES string of the molecule is Nc1nc2cc(Br)cnc2n1-c1ccccc1. The minimum atomic E-state index is 0.441. The minimum absolute atomic E-state index is 0.441. The van der Waals surface area contributed by atoms with Crippen LogP contribution in [0.4, 0.5) is 5.95 Å². The van der Waals surface area contributed by atoms with Gasteiger partial charge in [-0.05, 0) is 34.1 Å². The van der Waals surface area contributed by atoms with Gasteiger partial charge in [-0.25, -0.2) is 9.97 Å². The maximum atomic E-state index is 5.93. The number of aromatic nitrogens is 3. The topological polar surface area (TPSA) is 56.7 Å². The van der Waals surface area contributed by atoms with E-state index in [0.29, 0.717) is 5.95 Å². The fourth-order valence-corrected chi connectivity index (χ4v) is 2.11. The molecule has 1 aromatic carbocycles. The van der Waals surface area contributed by atoms with Gasteiger partial charge in [0.25, 0.3) is 0 Å². The van der Waals surface area contributed by atoms with Gasteiger partial charge in [0.05, 0.1) is 5.69 Å². The lowest BCUT2D eigenvalue weighted by Gasteiger charge is -2.04. The second-order valence-corrected chi connectivity index (χ2v) is 4.55. The summed E-state index contributed by atoms with van der Waals surface area (Å²) >= 11 is 3.37. The third-order valence-corrected chi connectivity index (χ3v) is 2.94. The summed E-state index contributed by atoms with van der Waals surface area (Å²) in [5, 5.41) is 0. The highest BCUT2D eigenvalue weighted by Gasteiger charge is 2.10. The molecule has 0 aliphatic heterocycles. The van der Waals surface area contributed by atoms with Gasteiger partial charge in [-0.3, -0.25) is 4.57 Å². The Bertz CT molecular complexity index is 676. The summed E-state index contributed by atoms with van der Waals surface area (Å²) < 4.78 is 2.73. The van der Waals surface area contributed by atoms with Crippen molar-refractivity contribution in [1.29, 1.82) is 0 Å². The largest absolute Gasteiger partial charge is 0.369 e. The lowest BCUT2D eigenvalue weighted by molar-refractivity contribution is 1.08. The molecule has 3 rings (SSSR count). The zero-order valence-corrected chi connectivity index (χ0v) is 10.4. The van der Waals surface area contributed by atoms with Gasteiger partial charge >= 0.3 is 0 Å². The van der Waals surface area contributed by atoms with Crippen LogP contribution in [0.15, 0.2) is 47.1 Å². The number of imidazole rings is 1. The molecular formula is C12H9BrN4. The number of benzene rings is 1. The Hall–Kier alpha value is -1.88. The van der Waals surface area contributed by atoms with Gasteiger partial charge in [-0.1, -0.05) is 18.2 Å². The van der Waals surface area contributed by atoms with Crippen LogP contribution in [0.5, 0.6) is 0 Å². The van der Waals surface area contributed by atoms with Crippen molar-refractivity contribution in [3.8, 4) is 5.69 Å². The molecule has 0 aliphatic rings. The molecule has 17 heavy (non-hydrogen) atoms. The molecule has 3 aromatic rings. The number of halogens is 1. The predicted molar refractivity (Wildman–Crippen MR) is 71.0 cm³/mol. The van der Waals surface area contributed by atoms with E-state index in [0.717, 1.165) is 21.3 Å². The molecule has 5 heteroatoms. The quantitative estimate of drug-likeness (QED) is 0.749. The van der Waals surface area contributed by atoms with Crippen molar-refractivity contribution in [2.75, 3.05) is 5.73 Å². The Balaban J connectivity index is 2.33. The van der Waals surface area contributed by atoms with Crippen molar-refractivity contribution >= 4 is 33.0 Å². The van der Waals surface area contributed by atoms with Gasteiger partial charge < -0.3 is 5.73 Å². The molecule has 0 atom stereocenters. The summed E-state index contributed by atoms with van der Waals surface area (Å²) in [7, 11) is 0. The standard InChI is InChI=1S/C12H9BrN4/c13-8-6-10-11(15-7-8)17(12(14)16-10)9-4-2-1-3-5-9/h1-7H,(H2,14,16). The molecule has 4 nitrogen and oxygen atoms in total. The van der Waals surface area contributed by atoms with Crippen molar-refractivity contribution in [3.63, 3.8) is 0 Å². The molecule has 2 N–H and O–H groups in total. The maximum absolute atomic E-state index is 5.93. The molecule has 0 radical (unpaired) electrons.